The Morgan fingerprint density at radius 1 is 1.22 bits per heavy atom. The molecule has 0 atom stereocenters. The van der Waals surface area contributed by atoms with Gasteiger partial charge in [-0.3, -0.25) is 0 Å². The third kappa shape index (κ3) is 4.91. The van der Waals surface area contributed by atoms with Crippen molar-refractivity contribution >= 4 is 23.0 Å². The molecular formula is C20H29N5OS. The van der Waals surface area contributed by atoms with Crippen LogP contribution in [0.2, 0.25) is 0 Å². The molecule has 2 heterocycles. The Labute approximate surface area is 165 Å². The minimum absolute atomic E-state index is 0.631. The summed E-state index contributed by atoms with van der Waals surface area (Å²) in [6.07, 6.45) is 0.985. The van der Waals surface area contributed by atoms with Gasteiger partial charge in [0.1, 0.15) is 5.75 Å². The number of ether oxygens (including phenoxy) is 1. The number of benzene rings is 1. The van der Waals surface area contributed by atoms with Crippen molar-refractivity contribution in [1.82, 2.24) is 15.2 Å². The van der Waals surface area contributed by atoms with E-state index in [1.807, 2.05) is 12.1 Å². The fraction of sp³-hybridized carbons (Fsp3) is 0.500. The topological polar surface area (TPSA) is 53.0 Å². The normalized spacial score (nSPS) is 15.1. The van der Waals surface area contributed by atoms with Gasteiger partial charge >= 0.3 is 0 Å². The average molecular weight is 388 g/mol. The number of hydrogen-bond donors (Lipinski definition) is 1. The maximum Gasteiger partial charge on any atom is 0.194 e. The molecule has 1 aromatic heterocycles. The van der Waals surface area contributed by atoms with Gasteiger partial charge in [-0.2, -0.15) is 0 Å². The van der Waals surface area contributed by atoms with E-state index in [9.17, 15) is 0 Å². The summed E-state index contributed by atoms with van der Waals surface area (Å²) in [6.45, 7) is 9.50. The number of aryl methyl sites for hydroxylation is 1. The zero-order valence-electron chi connectivity index (χ0n) is 16.4. The Bertz CT molecular complexity index is 752. The molecule has 1 aliphatic heterocycles. The number of guanidine groups is 1. The van der Waals surface area contributed by atoms with Crippen molar-refractivity contribution in [2.75, 3.05) is 44.7 Å². The van der Waals surface area contributed by atoms with Gasteiger partial charge in [-0.25, -0.2) is 9.98 Å². The second-order valence-corrected chi connectivity index (χ2v) is 7.34. The van der Waals surface area contributed by atoms with Crippen LogP contribution in [-0.2, 0) is 13.0 Å². The number of nitrogens with one attached hydrogen (secondary N) is 1. The van der Waals surface area contributed by atoms with Crippen LogP contribution in [0.1, 0.15) is 24.5 Å². The van der Waals surface area contributed by atoms with Gasteiger partial charge in [0, 0.05) is 38.1 Å². The van der Waals surface area contributed by atoms with E-state index in [-0.39, 0.29) is 0 Å². The van der Waals surface area contributed by atoms with Gasteiger partial charge in [-0.05, 0) is 25.5 Å². The maximum absolute atomic E-state index is 5.51. The van der Waals surface area contributed by atoms with Crippen LogP contribution in [-0.4, -0.2) is 55.7 Å². The first-order chi connectivity index (χ1) is 13.2. The molecule has 1 N–H and O–H groups in total. The van der Waals surface area contributed by atoms with Crippen molar-refractivity contribution in [2.45, 2.75) is 26.8 Å². The number of aromatic nitrogens is 1. The average Bonchev–Trinajstić information content (AvgIpc) is 3.19. The first kappa shape index (κ1) is 19.5. The Kier molecular flexibility index (Phi) is 6.92. The Hall–Kier alpha value is -2.28. The minimum atomic E-state index is 0.631. The number of aliphatic imine (C=N–C) groups is 1. The van der Waals surface area contributed by atoms with Crippen molar-refractivity contribution in [2.24, 2.45) is 4.99 Å². The number of piperazine rings is 1. The second-order valence-electron chi connectivity index (χ2n) is 6.40. The Morgan fingerprint density at radius 3 is 2.67 bits per heavy atom. The highest BCUT2D eigenvalue weighted by atomic mass is 32.1. The molecule has 0 amide bonds. The van der Waals surface area contributed by atoms with E-state index >= 15 is 0 Å². The molecule has 1 fully saturated rings. The van der Waals surface area contributed by atoms with E-state index in [1.54, 1.807) is 18.4 Å². The lowest BCUT2D eigenvalue weighted by Gasteiger charge is -2.38. The zero-order valence-corrected chi connectivity index (χ0v) is 17.3. The fourth-order valence-corrected chi connectivity index (χ4v) is 3.95. The molecule has 1 saturated heterocycles. The molecule has 3 rings (SSSR count). The molecule has 0 aliphatic carbocycles. The van der Waals surface area contributed by atoms with Crippen LogP contribution in [0.25, 0.3) is 0 Å². The second kappa shape index (κ2) is 9.60. The third-order valence-electron chi connectivity index (χ3n) is 4.63. The van der Waals surface area contributed by atoms with E-state index < -0.39 is 0 Å². The molecule has 146 valence electrons. The van der Waals surface area contributed by atoms with Gasteiger partial charge in [0.2, 0.25) is 0 Å². The van der Waals surface area contributed by atoms with Gasteiger partial charge in [0.05, 0.1) is 30.0 Å². The molecule has 27 heavy (non-hydrogen) atoms. The third-order valence-corrected chi connectivity index (χ3v) is 5.67. The van der Waals surface area contributed by atoms with Crippen molar-refractivity contribution in [1.29, 1.82) is 0 Å². The van der Waals surface area contributed by atoms with Gasteiger partial charge in [-0.1, -0.05) is 19.1 Å². The van der Waals surface area contributed by atoms with Crippen molar-refractivity contribution in [3.8, 4) is 5.75 Å². The van der Waals surface area contributed by atoms with Crippen LogP contribution in [0.3, 0.4) is 0 Å². The monoisotopic (exact) mass is 387 g/mol. The summed E-state index contributed by atoms with van der Waals surface area (Å²) < 4.78 is 5.51. The summed E-state index contributed by atoms with van der Waals surface area (Å²) in [5, 5.41) is 6.72. The first-order valence-electron chi connectivity index (χ1n) is 9.59. The SMILES string of the molecule is CCNC(=NCc1csc(CC)n1)N1CCN(c2ccccc2OC)CC1. The van der Waals surface area contributed by atoms with E-state index in [0.717, 1.165) is 62.2 Å². The number of anilines is 1. The van der Waals surface area contributed by atoms with Crippen LogP contribution in [0, 0.1) is 0 Å². The zero-order chi connectivity index (χ0) is 19.1. The number of thiazole rings is 1. The fourth-order valence-electron chi connectivity index (χ4n) is 3.22. The van der Waals surface area contributed by atoms with E-state index in [2.05, 4.69) is 51.5 Å². The molecule has 1 aliphatic rings. The molecular weight excluding hydrogens is 358 g/mol. The summed E-state index contributed by atoms with van der Waals surface area (Å²) in [7, 11) is 1.73. The smallest absolute Gasteiger partial charge is 0.194 e. The van der Waals surface area contributed by atoms with Crippen LogP contribution in [0.15, 0.2) is 34.6 Å². The van der Waals surface area contributed by atoms with Crippen LogP contribution in [0.5, 0.6) is 5.75 Å². The molecule has 7 heteroatoms. The number of para-hydroxylation sites is 2. The molecule has 1 aromatic carbocycles. The van der Waals surface area contributed by atoms with E-state index in [1.165, 1.54) is 5.01 Å². The summed E-state index contributed by atoms with van der Waals surface area (Å²) in [5.41, 5.74) is 2.22. The molecule has 2 aromatic rings. The van der Waals surface area contributed by atoms with Crippen LogP contribution >= 0.6 is 11.3 Å². The standard InChI is InChI=1S/C20H29N5OS/c1-4-19-23-16(15-27-19)14-22-20(21-5-2)25-12-10-24(11-13-25)17-8-6-7-9-18(17)26-3/h6-9,15H,4-5,10-14H2,1-3H3,(H,21,22). The summed E-state index contributed by atoms with van der Waals surface area (Å²) >= 11 is 1.72. The lowest BCUT2D eigenvalue weighted by Crippen LogP contribution is -2.52. The largest absolute Gasteiger partial charge is 0.495 e. The Morgan fingerprint density at radius 2 is 2.00 bits per heavy atom. The summed E-state index contributed by atoms with van der Waals surface area (Å²) in [5.74, 6) is 1.91. The lowest BCUT2D eigenvalue weighted by atomic mass is 10.2. The number of nitrogens with zero attached hydrogens (tertiary/aromatic N) is 4. The van der Waals surface area contributed by atoms with Gasteiger partial charge < -0.3 is 19.9 Å². The number of methoxy groups -OCH3 is 1. The predicted molar refractivity (Wildman–Crippen MR) is 113 cm³/mol. The van der Waals surface area contributed by atoms with Gasteiger partial charge in [-0.15, -0.1) is 11.3 Å². The van der Waals surface area contributed by atoms with Crippen molar-refractivity contribution in [3.05, 3.63) is 40.3 Å². The number of hydrogen-bond acceptors (Lipinski definition) is 5. The Balaban J connectivity index is 1.63. The molecule has 6 nitrogen and oxygen atoms in total. The number of rotatable bonds is 6. The molecule has 0 unspecified atom stereocenters. The van der Waals surface area contributed by atoms with Crippen LogP contribution < -0.4 is 15.0 Å². The quantitative estimate of drug-likeness (QED) is 0.610. The minimum Gasteiger partial charge on any atom is -0.495 e. The molecule has 0 bridgehead atoms. The molecule has 0 spiro atoms. The highest BCUT2D eigenvalue weighted by Crippen LogP contribution is 2.28. The maximum atomic E-state index is 5.51. The predicted octanol–water partition coefficient (Wildman–Crippen LogP) is 3.00. The highest BCUT2D eigenvalue weighted by molar-refractivity contribution is 7.09. The van der Waals surface area contributed by atoms with Crippen molar-refractivity contribution < 1.29 is 4.74 Å². The van der Waals surface area contributed by atoms with Gasteiger partial charge in [0.15, 0.2) is 5.96 Å². The van der Waals surface area contributed by atoms with Crippen LogP contribution in [0.4, 0.5) is 5.69 Å². The molecule has 0 radical (unpaired) electrons. The summed E-state index contributed by atoms with van der Waals surface area (Å²) in [6, 6.07) is 8.22. The highest BCUT2D eigenvalue weighted by Gasteiger charge is 2.21. The summed E-state index contributed by atoms with van der Waals surface area (Å²) in [4.78, 5) is 14.2. The van der Waals surface area contributed by atoms with Crippen molar-refractivity contribution in [3.63, 3.8) is 0 Å². The van der Waals surface area contributed by atoms with Gasteiger partial charge in [0.25, 0.3) is 0 Å². The first-order valence-corrected chi connectivity index (χ1v) is 10.5. The van der Waals surface area contributed by atoms with E-state index in [4.69, 9.17) is 9.73 Å². The lowest BCUT2D eigenvalue weighted by molar-refractivity contribution is 0.367. The molecule has 0 saturated carbocycles. The van der Waals surface area contributed by atoms with E-state index in [0.29, 0.717) is 6.54 Å².